The summed E-state index contributed by atoms with van der Waals surface area (Å²) in [5.74, 6) is 0.418. The minimum atomic E-state index is -0.244. The van der Waals surface area contributed by atoms with Gasteiger partial charge in [-0.25, -0.2) is 0 Å². The first-order chi connectivity index (χ1) is 7.77. The highest BCUT2D eigenvalue weighted by atomic mass is 16.3. The van der Waals surface area contributed by atoms with Gasteiger partial charge >= 0.3 is 0 Å². The smallest absolute Gasteiger partial charge is 0.0623 e. The highest BCUT2D eigenvalue weighted by Crippen LogP contribution is 2.19. The average molecular weight is 221 g/mol. The minimum absolute atomic E-state index is 0.244. The molecule has 0 aliphatic heterocycles. The monoisotopic (exact) mass is 221 g/mol. The van der Waals surface area contributed by atoms with Crippen LogP contribution < -0.4 is 0 Å². The number of aliphatic hydroxyl groups excluding tert-OH is 1. The standard InChI is InChI=1S/C14H23NO/c1-3-5-8-12(4-2)14(16)11-13-9-6-7-10-15-13/h6-7,9-10,12,14,16H,3-5,8,11H2,1-2H3. The zero-order valence-corrected chi connectivity index (χ0v) is 10.4. The molecule has 1 heterocycles. The maximum absolute atomic E-state index is 10.1. The van der Waals surface area contributed by atoms with Crippen LogP contribution in [0.15, 0.2) is 24.4 Å². The minimum Gasteiger partial charge on any atom is -0.392 e. The van der Waals surface area contributed by atoms with Crippen LogP contribution >= 0.6 is 0 Å². The van der Waals surface area contributed by atoms with Gasteiger partial charge in [-0.15, -0.1) is 0 Å². The molecule has 0 fully saturated rings. The quantitative estimate of drug-likeness (QED) is 0.767. The Bertz CT molecular complexity index is 273. The van der Waals surface area contributed by atoms with E-state index in [9.17, 15) is 5.11 Å². The Labute approximate surface area is 98.7 Å². The van der Waals surface area contributed by atoms with Crippen LogP contribution in [0.5, 0.6) is 0 Å². The van der Waals surface area contributed by atoms with Crippen molar-refractivity contribution in [1.82, 2.24) is 4.98 Å². The summed E-state index contributed by atoms with van der Waals surface area (Å²) in [7, 11) is 0. The van der Waals surface area contributed by atoms with Crippen molar-refractivity contribution in [2.75, 3.05) is 0 Å². The van der Waals surface area contributed by atoms with Crippen LogP contribution in [-0.2, 0) is 6.42 Å². The first kappa shape index (κ1) is 13.2. The van der Waals surface area contributed by atoms with Gasteiger partial charge in [-0.1, -0.05) is 39.2 Å². The number of rotatable bonds is 7. The van der Waals surface area contributed by atoms with Crippen molar-refractivity contribution >= 4 is 0 Å². The summed E-state index contributed by atoms with van der Waals surface area (Å²) in [5.41, 5.74) is 0.991. The first-order valence-corrected chi connectivity index (χ1v) is 6.35. The molecule has 0 spiro atoms. The van der Waals surface area contributed by atoms with E-state index in [2.05, 4.69) is 18.8 Å². The fourth-order valence-corrected chi connectivity index (χ4v) is 2.03. The van der Waals surface area contributed by atoms with E-state index in [-0.39, 0.29) is 6.10 Å². The van der Waals surface area contributed by atoms with E-state index in [4.69, 9.17) is 0 Å². The first-order valence-electron chi connectivity index (χ1n) is 6.35. The molecule has 2 atom stereocenters. The fourth-order valence-electron chi connectivity index (χ4n) is 2.03. The normalized spacial score (nSPS) is 14.7. The van der Waals surface area contributed by atoms with Crippen LogP contribution in [0.1, 0.15) is 45.2 Å². The molecule has 0 saturated carbocycles. The molecule has 1 N–H and O–H groups in total. The topological polar surface area (TPSA) is 33.1 Å². The molecule has 2 unspecified atom stereocenters. The van der Waals surface area contributed by atoms with Crippen LogP contribution in [0.4, 0.5) is 0 Å². The predicted molar refractivity (Wildman–Crippen MR) is 67.3 cm³/mol. The van der Waals surface area contributed by atoms with Crippen LogP contribution in [0, 0.1) is 5.92 Å². The molecule has 16 heavy (non-hydrogen) atoms. The number of aliphatic hydroxyl groups is 1. The molecule has 2 heteroatoms. The largest absolute Gasteiger partial charge is 0.392 e. The van der Waals surface area contributed by atoms with E-state index < -0.39 is 0 Å². The molecule has 90 valence electrons. The molecule has 0 bridgehead atoms. The van der Waals surface area contributed by atoms with Gasteiger partial charge in [0.1, 0.15) is 0 Å². The van der Waals surface area contributed by atoms with E-state index in [1.807, 2.05) is 18.2 Å². The molecule has 1 rings (SSSR count). The van der Waals surface area contributed by atoms with Crippen LogP contribution in [0.25, 0.3) is 0 Å². The lowest BCUT2D eigenvalue weighted by atomic mass is 9.91. The van der Waals surface area contributed by atoms with E-state index >= 15 is 0 Å². The molecule has 0 radical (unpaired) electrons. The van der Waals surface area contributed by atoms with Gasteiger partial charge in [0.25, 0.3) is 0 Å². The molecule has 2 nitrogen and oxygen atoms in total. The summed E-state index contributed by atoms with van der Waals surface area (Å²) in [6.07, 6.45) is 6.81. The summed E-state index contributed by atoms with van der Waals surface area (Å²) in [6, 6.07) is 5.86. The van der Waals surface area contributed by atoms with E-state index in [1.54, 1.807) is 6.20 Å². The highest BCUT2D eigenvalue weighted by Gasteiger charge is 2.17. The second-order valence-electron chi connectivity index (χ2n) is 4.40. The number of pyridine rings is 1. The lowest BCUT2D eigenvalue weighted by Crippen LogP contribution is -2.22. The van der Waals surface area contributed by atoms with Crippen molar-refractivity contribution < 1.29 is 5.11 Å². The maximum atomic E-state index is 10.1. The van der Waals surface area contributed by atoms with Crippen molar-refractivity contribution in [1.29, 1.82) is 0 Å². The number of nitrogens with zero attached hydrogens (tertiary/aromatic N) is 1. The van der Waals surface area contributed by atoms with Gasteiger partial charge < -0.3 is 5.11 Å². The summed E-state index contributed by atoms with van der Waals surface area (Å²) in [4.78, 5) is 4.26. The molecule has 1 aromatic heterocycles. The van der Waals surface area contributed by atoms with Crippen LogP contribution in [-0.4, -0.2) is 16.2 Å². The summed E-state index contributed by atoms with van der Waals surface area (Å²) >= 11 is 0. The summed E-state index contributed by atoms with van der Waals surface area (Å²) in [6.45, 7) is 4.35. The van der Waals surface area contributed by atoms with Crippen molar-refractivity contribution in [3.63, 3.8) is 0 Å². The Morgan fingerprint density at radius 1 is 1.31 bits per heavy atom. The number of hydrogen-bond donors (Lipinski definition) is 1. The van der Waals surface area contributed by atoms with Crippen molar-refractivity contribution in [2.45, 2.75) is 52.1 Å². The number of aromatic nitrogens is 1. The second-order valence-corrected chi connectivity index (χ2v) is 4.40. The average Bonchev–Trinajstić information content (AvgIpc) is 2.31. The molecule has 0 aromatic carbocycles. The SMILES string of the molecule is CCCCC(CC)C(O)Cc1ccccn1. The second kappa shape index (κ2) is 7.39. The Hall–Kier alpha value is -0.890. The number of hydrogen-bond acceptors (Lipinski definition) is 2. The summed E-state index contributed by atoms with van der Waals surface area (Å²) in [5, 5.41) is 10.1. The maximum Gasteiger partial charge on any atom is 0.0623 e. The molecule has 0 aliphatic carbocycles. The third-order valence-corrected chi connectivity index (χ3v) is 3.14. The third-order valence-electron chi connectivity index (χ3n) is 3.14. The Morgan fingerprint density at radius 3 is 2.69 bits per heavy atom. The van der Waals surface area contributed by atoms with Gasteiger partial charge in [0, 0.05) is 18.3 Å². The van der Waals surface area contributed by atoms with Crippen LogP contribution in [0.3, 0.4) is 0 Å². The van der Waals surface area contributed by atoms with Gasteiger partial charge in [0.15, 0.2) is 0 Å². The Kier molecular flexibility index (Phi) is 6.09. The van der Waals surface area contributed by atoms with Gasteiger partial charge in [0.05, 0.1) is 6.10 Å². The Morgan fingerprint density at radius 2 is 2.12 bits per heavy atom. The lowest BCUT2D eigenvalue weighted by Gasteiger charge is -2.21. The lowest BCUT2D eigenvalue weighted by molar-refractivity contribution is 0.0978. The van der Waals surface area contributed by atoms with E-state index in [0.29, 0.717) is 12.3 Å². The molecule has 0 aliphatic rings. The summed E-state index contributed by atoms with van der Waals surface area (Å²) < 4.78 is 0. The van der Waals surface area contributed by atoms with Crippen molar-refractivity contribution in [2.24, 2.45) is 5.92 Å². The Balaban J connectivity index is 2.46. The van der Waals surface area contributed by atoms with Crippen LogP contribution in [0.2, 0.25) is 0 Å². The molecular weight excluding hydrogens is 198 g/mol. The van der Waals surface area contributed by atoms with E-state index in [0.717, 1.165) is 18.5 Å². The van der Waals surface area contributed by atoms with Gasteiger partial charge in [-0.2, -0.15) is 0 Å². The molecule has 0 amide bonds. The van der Waals surface area contributed by atoms with Gasteiger partial charge in [0.2, 0.25) is 0 Å². The van der Waals surface area contributed by atoms with Gasteiger partial charge in [-0.05, 0) is 24.5 Å². The van der Waals surface area contributed by atoms with Crippen molar-refractivity contribution in [3.05, 3.63) is 30.1 Å². The molecular formula is C14H23NO. The van der Waals surface area contributed by atoms with Gasteiger partial charge in [-0.3, -0.25) is 4.98 Å². The zero-order valence-electron chi connectivity index (χ0n) is 10.4. The fraction of sp³-hybridized carbons (Fsp3) is 0.643. The van der Waals surface area contributed by atoms with Crippen molar-refractivity contribution in [3.8, 4) is 0 Å². The predicted octanol–water partition coefficient (Wildman–Crippen LogP) is 3.20. The van der Waals surface area contributed by atoms with E-state index in [1.165, 1.54) is 12.8 Å². The molecule has 0 saturated heterocycles. The third kappa shape index (κ3) is 4.31. The highest BCUT2D eigenvalue weighted by molar-refractivity contribution is 5.04. The molecule has 1 aromatic rings. The zero-order chi connectivity index (χ0) is 11.8. The number of unbranched alkanes of at least 4 members (excludes halogenated alkanes) is 1.